The zero-order valence-electron chi connectivity index (χ0n) is 18.3. The highest BCUT2D eigenvalue weighted by Crippen LogP contribution is 2.18. The number of aliphatic imine (C=N–C) groups is 1. The number of aromatic nitrogens is 1. The van der Waals surface area contributed by atoms with Gasteiger partial charge >= 0.3 is 0 Å². The van der Waals surface area contributed by atoms with Gasteiger partial charge in [0.2, 0.25) is 5.88 Å². The van der Waals surface area contributed by atoms with Crippen LogP contribution in [0.3, 0.4) is 0 Å². The van der Waals surface area contributed by atoms with Gasteiger partial charge in [-0.25, -0.2) is 4.98 Å². The molecule has 1 aromatic heterocycles. The molecule has 0 aliphatic carbocycles. The molecule has 168 valence electrons. The van der Waals surface area contributed by atoms with Crippen LogP contribution in [0.1, 0.15) is 37.7 Å². The van der Waals surface area contributed by atoms with E-state index in [9.17, 15) is 0 Å². The predicted octanol–water partition coefficient (Wildman–Crippen LogP) is 2.23. The van der Waals surface area contributed by atoms with Gasteiger partial charge in [-0.15, -0.1) is 0 Å². The van der Waals surface area contributed by atoms with E-state index in [-0.39, 0.29) is 6.10 Å². The van der Waals surface area contributed by atoms with Crippen molar-refractivity contribution in [3.05, 3.63) is 23.9 Å². The third-order valence-corrected chi connectivity index (χ3v) is 5.56. The number of ether oxygens (including phenoxy) is 4. The maximum atomic E-state index is 6.13. The van der Waals surface area contributed by atoms with E-state index in [0.29, 0.717) is 31.7 Å². The highest BCUT2D eigenvalue weighted by molar-refractivity contribution is 5.80. The Morgan fingerprint density at radius 1 is 1.27 bits per heavy atom. The molecule has 1 unspecified atom stereocenters. The van der Waals surface area contributed by atoms with Crippen LogP contribution >= 0.6 is 0 Å². The van der Waals surface area contributed by atoms with Crippen LogP contribution < -0.4 is 10.1 Å². The number of methoxy groups -OCH3 is 1. The number of nitrogens with zero attached hydrogens (tertiary/aromatic N) is 3. The topological polar surface area (TPSA) is 77.4 Å². The van der Waals surface area contributed by atoms with E-state index in [2.05, 4.69) is 20.2 Å². The van der Waals surface area contributed by atoms with Crippen LogP contribution in [-0.2, 0) is 20.8 Å². The van der Waals surface area contributed by atoms with Gasteiger partial charge in [-0.3, -0.25) is 4.99 Å². The molecule has 8 heteroatoms. The summed E-state index contributed by atoms with van der Waals surface area (Å²) in [6.07, 6.45) is 7.91. The second-order valence-electron chi connectivity index (χ2n) is 7.72. The number of pyridine rings is 1. The van der Waals surface area contributed by atoms with Crippen molar-refractivity contribution in [3.63, 3.8) is 0 Å². The van der Waals surface area contributed by atoms with Crippen LogP contribution in [0.4, 0.5) is 0 Å². The molecule has 1 N–H and O–H groups in total. The van der Waals surface area contributed by atoms with Crippen LogP contribution in [0.15, 0.2) is 23.3 Å². The highest BCUT2D eigenvalue weighted by atomic mass is 16.5. The second kappa shape index (κ2) is 12.7. The SMILES string of the molecule is CN=C(NCc1cccnc1OCCOC)N1CCC(OCC2CCCCO2)CC1. The summed E-state index contributed by atoms with van der Waals surface area (Å²) in [5.74, 6) is 1.53. The van der Waals surface area contributed by atoms with Gasteiger partial charge in [-0.05, 0) is 38.2 Å². The Balaban J connectivity index is 1.42. The summed E-state index contributed by atoms with van der Waals surface area (Å²) in [7, 11) is 3.48. The molecule has 8 nitrogen and oxygen atoms in total. The summed E-state index contributed by atoms with van der Waals surface area (Å²) >= 11 is 0. The van der Waals surface area contributed by atoms with E-state index in [1.165, 1.54) is 12.8 Å². The zero-order chi connectivity index (χ0) is 21.0. The third-order valence-electron chi connectivity index (χ3n) is 5.56. The molecule has 2 aliphatic heterocycles. The first-order valence-electron chi connectivity index (χ1n) is 11.0. The fraction of sp³-hybridized carbons (Fsp3) is 0.727. The Morgan fingerprint density at radius 3 is 2.87 bits per heavy atom. The molecule has 0 amide bonds. The largest absolute Gasteiger partial charge is 0.475 e. The summed E-state index contributed by atoms with van der Waals surface area (Å²) < 4.78 is 22.7. The standard InChI is InChI=1S/C22H36N4O4/c1-23-22(25-16-18-6-5-10-24-21(18)29-15-14-27-2)26-11-8-19(9-12-26)30-17-20-7-3-4-13-28-20/h5-6,10,19-20H,3-4,7-9,11-17H2,1-2H3,(H,23,25). The Labute approximate surface area is 180 Å². The minimum atomic E-state index is 0.283. The summed E-state index contributed by atoms with van der Waals surface area (Å²) in [4.78, 5) is 11.1. The van der Waals surface area contributed by atoms with Crippen molar-refractivity contribution in [1.82, 2.24) is 15.2 Å². The van der Waals surface area contributed by atoms with Gasteiger partial charge in [0.05, 0.1) is 25.4 Å². The molecule has 3 heterocycles. The fourth-order valence-electron chi connectivity index (χ4n) is 3.83. The van der Waals surface area contributed by atoms with Crippen molar-refractivity contribution >= 4 is 5.96 Å². The molecule has 0 spiro atoms. The molecule has 2 fully saturated rings. The van der Waals surface area contributed by atoms with Crippen molar-refractivity contribution in [1.29, 1.82) is 0 Å². The predicted molar refractivity (Wildman–Crippen MR) is 116 cm³/mol. The van der Waals surface area contributed by atoms with E-state index in [0.717, 1.165) is 57.1 Å². The number of nitrogens with one attached hydrogen (secondary N) is 1. The first-order chi connectivity index (χ1) is 14.8. The third kappa shape index (κ3) is 7.11. The Kier molecular flexibility index (Phi) is 9.66. The fourth-order valence-corrected chi connectivity index (χ4v) is 3.83. The second-order valence-corrected chi connectivity index (χ2v) is 7.72. The average Bonchev–Trinajstić information content (AvgIpc) is 2.80. The highest BCUT2D eigenvalue weighted by Gasteiger charge is 2.24. The maximum Gasteiger partial charge on any atom is 0.218 e. The molecule has 2 saturated heterocycles. The molecule has 30 heavy (non-hydrogen) atoms. The number of hydrogen-bond acceptors (Lipinski definition) is 6. The van der Waals surface area contributed by atoms with Gasteiger partial charge in [0.1, 0.15) is 6.61 Å². The first kappa shape index (κ1) is 22.8. The molecule has 0 bridgehead atoms. The minimum Gasteiger partial charge on any atom is -0.475 e. The van der Waals surface area contributed by atoms with E-state index < -0.39 is 0 Å². The van der Waals surface area contributed by atoms with Crippen LogP contribution in [0.2, 0.25) is 0 Å². The normalized spacial score (nSPS) is 20.9. The quantitative estimate of drug-likeness (QED) is 0.373. The molecule has 0 saturated carbocycles. The number of hydrogen-bond donors (Lipinski definition) is 1. The van der Waals surface area contributed by atoms with Crippen molar-refractivity contribution in [2.45, 2.75) is 50.9 Å². The van der Waals surface area contributed by atoms with Crippen LogP contribution in [0.25, 0.3) is 0 Å². The Hall–Kier alpha value is -1.90. The molecule has 1 atom stereocenters. The summed E-state index contributed by atoms with van der Waals surface area (Å²) in [5.41, 5.74) is 1.00. The average molecular weight is 421 g/mol. The van der Waals surface area contributed by atoms with Gasteiger partial charge < -0.3 is 29.2 Å². The molecule has 2 aliphatic rings. The van der Waals surface area contributed by atoms with E-state index in [4.69, 9.17) is 18.9 Å². The summed E-state index contributed by atoms with van der Waals surface area (Å²) in [6, 6.07) is 3.94. The lowest BCUT2D eigenvalue weighted by Gasteiger charge is -2.35. The molecule has 0 radical (unpaired) electrons. The Morgan fingerprint density at radius 2 is 2.13 bits per heavy atom. The van der Waals surface area contributed by atoms with E-state index in [1.54, 1.807) is 13.3 Å². The van der Waals surface area contributed by atoms with E-state index >= 15 is 0 Å². The molecule has 0 aromatic carbocycles. The van der Waals surface area contributed by atoms with Crippen molar-refractivity contribution in [2.24, 2.45) is 4.99 Å². The summed E-state index contributed by atoms with van der Waals surface area (Å²) in [5, 5.41) is 3.45. The lowest BCUT2D eigenvalue weighted by Crippen LogP contribution is -2.47. The first-order valence-corrected chi connectivity index (χ1v) is 11.0. The molecule has 1 aromatic rings. The lowest BCUT2D eigenvalue weighted by molar-refractivity contribution is -0.0721. The van der Waals surface area contributed by atoms with Crippen LogP contribution in [0, 0.1) is 0 Å². The smallest absolute Gasteiger partial charge is 0.218 e. The van der Waals surface area contributed by atoms with Gasteiger partial charge in [-0.2, -0.15) is 0 Å². The minimum absolute atomic E-state index is 0.283. The van der Waals surface area contributed by atoms with Gasteiger partial charge in [0, 0.05) is 52.2 Å². The molecular weight excluding hydrogens is 384 g/mol. The molecular formula is C22H36N4O4. The zero-order valence-corrected chi connectivity index (χ0v) is 18.3. The van der Waals surface area contributed by atoms with Crippen molar-refractivity contribution < 1.29 is 18.9 Å². The number of guanidine groups is 1. The van der Waals surface area contributed by atoms with Gasteiger partial charge in [0.25, 0.3) is 0 Å². The van der Waals surface area contributed by atoms with Crippen molar-refractivity contribution in [2.75, 3.05) is 53.7 Å². The van der Waals surface area contributed by atoms with Crippen molar-refractivity contribution in [3.8, 4) is 5.88 Å². The summed E-state index contributed by atoms with van der Waals surface area (Å²) in [6.45, 7) is 5.09. The van der Waals surface area contributed by atoms with Crippen LogP contribution in [0.5, 0.6) is 5.88 Å². The van der Waals surface area contributed by atoms with E-state index in [1.807, 2.05) is 19.2 Å². The maximum absolute atomic E-state index is 6.13. The number of piperidine rings is 1. The Bertz CT molecular complexity index is 644. The number of rotatable bonds is 9. The van der Waals surface area contributed by atoms with Gasteiger partial charge in [0.15, 0.2) is 5.96 Å². The monoisotopic (exact) mass is 420 g/mol. The molecule has 3 rings (SSSR count). The number of likely N-dealkylation sites (tertiary alicyclic amines) is 1. The van der Waals surface area contributed by atoms with Crippen LogP contribution in [-0.4, -0.2) is 81.7 Å². The van der Waals surface area contributed by atoms with Gasteiger partial charge in [-0.1, -0.05) is 6.07 Å². The lowest BCUT2D eigenvalue weighted by atomic mass is 10.1.